The van der Waals surface area contributed by atoms with Crippen LogP contribution in [0.3, 0.4) is 0 Å². The van der Waals surface area contributed by atoms with E-state index in [2.05, 4.69) is 53.1 Å². The van der Waals surface area contributed by atoms with Crippen molar-refractivity contribution in [1.82, 2.24) is 9.97 Å². The smallest absolute Gasteiger partial charge is 0.224 e. The third kappa shape index (κ3) is 2.40. The van der Waals surface area contributed by atoms with Crippen LogP contribution in [0.1, 0.15) is 36.6 Å². The maximum Gasteiger partial charge on any atom is 0.224 e. The fraction of sp³-hybridized carbons (Fsp3) is 0.333. The third-order valence-electron chi connectivity index (χ3n) is 4.40. The Morgan fingerprint density at radius 2 is 2.09 bits per heavy atom. The lowest BCUT2D eigenvalue weighted by Crippen LogP contribution is -2.25. The van der Waals surface area contributed by atoms with Crippen molar-refractivity contribution in [2.45, 2.75) is 31.6 Å². The lowest BCUT2D eigenvalue weighted by molar-refractivity contribution is 0.505. The standard InChI is InChI=1S/C18H20ClN3/c1-3-11-18(13-8-6-5-7-9-13)12-10-14-15(18)21-17(19)22-16(14)20-4-2/h3,5-9H,1,4,10-12H2,2H3,(H,20,21,22). The number of nitrogens with zero attached hydrogens (tertiary/aromatic N) is 2. The normalized spacial score (nSPS) is 19.7. The lowest BCUT2D eigenvalue weighted by Gasteiger charge is -2.29. The van der Waals surface area contributed by atoms with Crippen molar-refractivity contribution < 1.29 is 0 Å². The summed E-state index contributed by atoms with van der Waals surface area (Å²) >= 11 is 6.19. The first-order chi connectivity index (χ1) is 10.7. The molecule has 1 unspecified atom stereocenters. The van der Waals surface area contributed by atoms with Gasteiger partial charge in [-0.2, -0.15) is 0 Å². The molecule has 0 saturated carbocycles. The lowest BCUT2D eigenvalue weighted by atomic mass is 9.75. The summed E-state index contributed by atoms with van der Waals surface area (Å²) in [4.78, 5) is 8.98. The molecule has 22 heavy (non-hydrogen) atoms. The first-order valence-corrected chi connectivity index (χ1v) is 8.06. The molecule has 1 aliphatic carbocycles. The molecule has 114 valence electrons. The summed E-state index contributed by atoms with van der Waals surface area (Å²) < 4.78 is 0. The maximum absolute atomic E-state index is 6.19. The van der Waals surface area contributed by atoms with Gasteiger partial charge in [0.25, 0.3) is 0 Å². The number of fused-ring (bicyclic) bond motifs is 1. The number of rotatable bonds is 5. The van der Waals surface area contributed by atoms with Crippen molar-refractivity contribution in [1.29, 1.82) is 0 Å². The van der Waals surface area contributed by atoms with Crippen LogP contribution in [0.15, 0.2) is 43.0 Å². The molecular weight excluding hydrogens is 294 g/mol. The molecule has 3 rings (SSSR count). The summed E-state index contributed by atoms with van der Waals surface area (Å²) in [6, 6.07) is 10.5. The molecule has 1 aromatic heterocycles. The highest BCUT2D eigenvalue weighted by Crippen LogP contribution is 2.47. The second-order valence-corrected chi connectivity index (χ2v) is 5.98. The molecule has 0 amide bonds. The van der Waals surface area contributed by atoms with E-state index in [-0.39, 0.29) is 5.41 Å². The van der Waals surface area contributed by atoms with Gasteiger partial charge in [-0.25, -0.2) is 9.97 Å². The van der Waals surface area contributed by atoms with Crippen molar-refractivity contribution >= 4 is 17.4 Å². The van der Waals surface area contributed by atoms with Gasteiger partial charge in [-0.15, -0.1) is 6.58 Å². The number of allylic oxidation sites excluding steroid dienone is 1. The highest BCUT2D eigenvalue weighted by atomic mass is 35.5. The third-order valence-corrected chi connectivity index (χ3v) is 4.57. The molecule has 0 spiro atoms. The summed E-state index contributed by atoms with van der Waals surface area (Å²) in [6.45, 7) is 6.84. The van der Waals surface area contributed by atoms with E-state index in [0.29, 0.717) is 5.28 Å². The molecule has 0 radical (unpaired) electrons. The summed E-state index contributed by atoms with van der Waals surface area (Å²) in [5.74, 6) is 0.874. The Kier molecular flexibility index (Phi) is 4.16. The van der Waals surface area contributed by atoms with Crippen LogP contribution < -0.4 is 5.32 Å². The Hall–Kier alpha value is -1.87. The monoisotopic (exact) mass is 313 g/mol. The van der Waals surface area contributed by atoms with E-state index in [0.717, 1.165) is 37.3 Å². The van der Waals surface area contributed by atoms with Gasteiger partial charge in [-0.3, -0.25) is 0 Å². The van der Waals surface area contributed by atoms with Gasteiger partial charge in [-0.1, -0.05) is 36.4 Å². The van der Waals surface area contributed by atoms with Crippen molar-refractivity contribution in [2.75, 3.05) is 11.9 Å². The molecule has 2 aromatic rings. The molecule has 0 fully saturated rings. The number of halogens is 1. The Bertz CT molecular complexity index is 684. The minimum Gasteiger partial charge on any atom is -0.370 e. The highest BCUT2D eigenvalue weighted by molar-refractivity contribution is 6.28. The first kappa shape index (κ1) is 15.0. The van der Waals surface area contributed by atoms with Crippen molar-refractivity contribution in [3.63, 3.8) is 0 Å². The van der Waals surface area contributed by atoms with Gasteiger partial charge in [0.2, 0.25) is 5.28 Å². The number of hydrogen-bond acceptors (Lipinski definition) is 3. The van der Waals surface area contributed by atoms with E-state index in [4.69, 9.17) is 11.6 Å². The van der Waals surface area contributed by atoms with Gasteiger partial charge in [0.15, 0.2) is 0 Å². The topological polar surface area (TPSA) is 37.8 Å². The zero-order valence-corrected chi connectivity index (χ0v) is 13.5. The van der Waals surface area contributed by atoms with Crippen molar-refractivity contribution in [3.8, 4) is 0 Å². The summed E-state index contributed by atoms with van der Waals surface area (Å²) in [6.07, 6.45) is 4.79. The number of nitrogens with one attached hydrogen (secondary N) is 1. The van der Waals surface area contributed by atoms with E-state index in [1.54, 1.807) is 0 Å². The maximum atomic E-state index is 6.19. The van der Waals surface area contributed by atoms with Crippen LogP contribution in [0.25, 0.3) is 0 Å². The van der Waals surface area contributed by atoms with Crippen LogP contribution in [0.4, 0.5) is 5.82 Å². The first-order valence-electron chi connectivity index (χ1n) is 7.68. The second kappa shape index (κ2) is 6.09. The van der Waals surface area contributed by atoms with Crippen LogP contribution in [-0.4, -0.2) is 16.5 Å². The number of benzene rings is 1. The molecule has 1 aromatic carbocycles. The van der Waals surface area contributed by atoms with E-state index in [1.807, 2.05) is 12.1 Å². The molecule has 1 aliphatic rings. The summed E-state index contributed by atoms with van der Waals surface area (Å²) in [7, 11) is 0. The predicted octanol–water partition coefficient (Wildman–Crippen LogP) is 4.37. The molecule has 1 atom stereocenters. The fourth-order valence-electron chi connectivity index (χ4n) is 3.46. The number of hydrogen-bond donors (Lipinski definition) is 1. The van der Waals surface area contributed by atoms with Crippen LogP contribution in [-0.2, 0) is 11.8 Å². The number of anilines is 1. The summed E-state index contributed by atoms with van der Waals surface area (Å²) in [5, 5.41) is 3.63. The van der Waals surface area contributed by atoms with Gasteiger partial charge in [-0.05, 0) is 43.4 Å². The highest BCUT2D eigenvalue weighted by Gasteiger charge is 2.42. The minimum absolute atomic E-state index is 0.144. The van der Waals surface area contributed by atoms with Crippen LogP contribution in [0, 0.1) is 0 Å². The van der Waals surface area contributed by atoms with Gasteiger partial charge < -0.3 is 5.32 Å². The molecule has 3 nitrogen and oxygen atoms in total. The average molecular weight is 314 g/mol. The Morgan fingerprint density at radius 1 is 1.32 bits per heavy atom. The van der Waals surface area contributed by atoms with E-state index >= 15 is 0 Å². The average Bonchev–Trinajstić information content (AvgIpc) is 2.89. The van der Waals surface area contributed by atoms with Gasteiger partial charge in [0.1, 0.15) is 5.82 Å². The molecular formula is C18H20ClN3. The SMILES string of the molecule is C=CCC1(c2ccccc2)CCc2c(NCC)nc(Cl)nc21. The molecule has 0 aliphatic heterocycles. The minimum atomic E-state index is -0.144. The molecule has 1 heterocycles. The van der Waals surface area contributed by atoms with E-state index in [9.17, 15) is 0 Å². The second-order valence-electron chi connectivity index (χ2n) is 5.64. The van der Waals surface area contributed by atoms with Gasteiger partial charge in [0, 0.05) is 17.5 Å². The largest absolute Gasteiger partial charge is 0.370 e. The zero-order chi connectivity index (χ0) is 15.6. The van der Waals surface area contributed by atoms with Crippen LogP contribution in [0.2, 0.25) is 5.28 Å². The van der Waals surface area contributed by atoms with Crippen LogP contribution in [0.5, 0.6) is 0 Å². The van der Waals surface area contributed by atoms with Gasteiger partial charge >= 0.3 is 0 Å². The number of aromatic nitrogens is 2. The Morgan fingerprint density at radius 3 is 2.77 bits per heavy atom. The Balaban J connectivity index is 2.20. The zero-order valence-electron chi connectivity index (χ0n) is 12.8. The quantitative estimate of drug-likeness (QED) is 0.658. The molecule has 1 N–H and O–H groups in total. The van der Waals surface area contributed by atoms with Crippen LogP contribution >= 0.6 is 11.6 Å². The summed E-state index contributed by atoms with van der Waals surface area (Å²) in [5.41, 5.74) is 3.37. The predicted molar refractivity (Wildman–Crippen MR) is 91.6 cm³/mol. The molecule has 0 bridgehead atoms. The van der Waals surface area contributed by atoms with Gasteiger partial charge in [0.05, 0.1) is 5.69 Å². The Labute approximate surface area is 136 Å². The van der Waals surface area contributed by atoms with Crippen molar-refractivity contribution in [3.05, 3.63) is 65.1 Å². The van der Waals surface area contributed by atoms with E-state index < -0.39 is 0 Å². The molecule has 0 saturated heterocycles. The fourth-order valence-corrected chi connectivity index (χ4v) is 3.63. The van der Waals surface area contributed by atoms with E-state index in [1.165, 1.54) is 11.1 Å². The molecule has 4 heteroatoms. The van der Waals surface area contributed by atoms with Crippen molar-refractivity contribution in [2.24, 2.45) is 0 Å².